The van der Waals surface area contributed by atoms with Gasteiger partial charge in [-0.05, 0) is 31.9 Å². The molecule has 0 aromatic carbocycles. The average molecular weight is 318 g/mol. The molecule has 2 rings (SSSR count). The molecule has 0 saturated heterocycles. The van der Waals surface area contributed by atoms with Gasteiger partial charge < -0.3 is 0 Å². The first-order valence-electron chi connectivity index (χ1n) is 3.57. The van der Waals surface area contributed by atoms with E-state index < -0.39 is 0 Å². The maximum Gasteiger partial charge on any atom is 0.220 e. The summed E-state index contributed by atoms with van der Waals surface area (Å²) < 4.78 is 0.415. The van der Waals surface area contributed by atoms with Gasteiger partial charge in [-0.25, -0.2) is 9.97 Å². The van der Waals surface area contributed by atoms with Crippen LogP contribution in [-0.2, 0) is 0 Å². The van der Waals surface area contributed by atoms with Crippen LogP contribution in [0.1, 0.15) is 20.8 Å². The Morgan fingerprint density at radius 2 is 1.71 bits per heavy atom. The van der Waals surface area contributed by atoms with Crippen molar-refractivity contribution in [3.05, 3.63) is 32.7 Å². The molecule has 1 aromatic rings. The molecule has 14 heavy (non-hydrogen) atoms. The number of carbonyl (C=O) groups excluding carboxylic acids is 2. The quantitative estimate of drug-likeness (QED) is 0.733. The van der Waals surface area contributed by atoms with E-state index in [4.69, 9.17) is 0 Å². The Hall–Kier alpha value is -0.880. The summed E-state index contributed by atoms with van der Waals surface area (Å²) in [7, 11) is 0. The lowest BCUT2D eigenvalue weighted by atomic mass is 10.0. The molecule has 70 valence electrons. The minimum absolute atomic E-state index is 0.139. The van der Waals surface area contributed by atoms with Crippen molar-refractivity contribution in [1.82, 2.24) is 9.97 Å². The smallest absolute Gasteiger partial charge is 0.220 e. The molecule has 1 heterocycles. The summed E-state index contributed by atoms with van der Waals surface area (Å²) in [5.74, 6) is -0.596. The Kier molecular flexibility index (Phi) is 2.32. The van der Waals surface area contributed by atoms with Crippen LogP contribution >= 0.6 is 31.9 Å². The Morgan fingerprint density at radius 1 is 1.07 bits per heavy atom. The van der Waals surface area contributed by atoms with Gasteiger partial charge in [-0.2, -0.15) is 0 Å². The fourth-order valence-corrected chi connectivity index (χ4v) is 1.86. The second-order valence-electron chi connectivity index (χ2n) is 2.57. The summed E-state index contributed by atoms with van der Waals surface area (Å²) in [6.07, 6.45) is 2.58. The molecule has 0 aliphatic heterocycles. The first-order chi connectivity index (χ1) is 6.63. The Balaban J connectivity index is 2.73. The van der Waals surface area contributed by atoms with Crippen molar-refractivity contribution in [2.24, 2.45) is 0 Å². The molecule has 0 fully saturated rings. The number of ketones is 2. The Morgan fingerprint density at radius 3 is 2.43 bits per heavy atom. The van der Waals surface area contributed by atoms with Crippen LogP contribution in [0.4, 0.5) is 0 Å². The predicted octanol–water partition coefficient (Wildman–Crippen LogP) is 1.86. The Labute approximate surface area is 95.7 Å². The van der Waals surface area contributed by atoms with E-state index in [1.165, 1.54) is 12.5 Å². The summed E-state index contributed by atoms with van der Waals surface area (Å²) in [6.45, 7) is 0. The summed E-state index contributed by atoms with van der Waals surface area (Å²) in [5, 5.41) is 0. The van der Waals surface area contributed by atoms with Crippen molar-refractivity contribution in [2.45, 2.75) is 0 Å². The maximum atomic E-state index is 11.6. The van der Waals surface area contributed by atoms with Gasteiger partial charge in [0.1, 0.15) is 12.0 Å². The van der Waals surface area contributed by atoms with Crippen molar-refractivity contribution in [1.29, 1.82) is 0 Å². The molecule has 6 heteroatoms. The van der Waals surface area contributed by atoms with E-state index in [1.54, 1.807) is 0 Å². The topological polar surface area (TPSA) is 59.9 Å². The number of aromatic nitrogens is 2. The number of hydrogen-bond donors (Lipinski definition) is 0. The van der Waals surface area contributed by atoms with Gasteiger partial charge in [0.15, 0.2) is 0 Å². The molecule has 0 N–H and O–H groups in total. The van der Waals surface area contributed by atoms with Gasteiger partial charge >= 0.3 is 0 Å². The zero-order valence-corrected chi connectivity index (χ0v) is 9.79. The first kappa shape index (κ1) is 9.67. The van der Waals surface area contributed by atoms with Gasteiger partial charge in [0.05, 0.1) is 14.5 Å². The minimum Gasteiger partial charge on any atom is -0.288 e. The largest absolute Gasteiger partial charge is 0.288 e. The lowest BCUT2D eigenvalue weighted by Gasteiger charge is -2.11. The molecule has 1 aliphatic carbocycles. The normalized spacial score (nSPS) is 15.9. The predicted molar refractivity (Wildman–Crippen MR) is 55.6 cm³/mol. The third-order valence-electron chi connectivity index (χ3n) is 1.76. The highest BCUT2D eigenvalue weighted by atomic mass is 79.9. The van der Waals surface area contributed by atoms with E-state index in [0.29, 0.717) is 0 Å². The van der Waals surface area contributed by atoms with Gasteiger partial charge in [0.25, 0.3) is 0 Å². The molecule has 0 spiro atoms. The van der Waals surface area contributed by atoms with Gasteiger partial charge in [0.2, 0.25) is 11.6 Å². The van der Waals surface area contributed by atoms with Crippen LogP contribution in [0.25, 0.3) is 0 Å². The lowest BCUT2D eigenvalue weighted by Crippen LogP contribution is -2.19. The number of rotatable bonds is 0. The molecule has 0 saturated carbocycles. The van der Waals surface area contributed by atoms with Gasteiger partial charge in [0, 0.05) is 6.20 Å². The maximum absolute atomic E-state index is 11.6. The van der Waals surface area contributed by atoms with Gasteiger partial charge in [-0.15, -0.1) is 0 Å². The summed E-state index contributed by atoms with van der Waals surface area (Å²) in [5.41, 5.74) is 0.368. The van der Waals surface area contributed by atoms with Crippen molar-refractivity contribution in [3.63, 3.8) is 0 Å². The van der Waals surface area contributed by atoms with Crippen LogP contribution < -0.4 is 0 Å². The number of halogens is 2. The SMILES string of the molecule is O=C1C(Br)=C(Br)C(=O)c2ncncc21. The van der Waals surface area contributed by atoms with Crippen LogP contribution in [0.15, 0.2) is 21.5 Å². The van der Waals surface area contributed by atoms with E-state index >= 15 is 0 Å². The molecule has 0 atom stereocenters. The molecular formula is C8H2Br2N2O2. The lowest BCUT2D eigenvalue weighted by molar-refractivity contribution is 0.0985. The molecule has 0 amide bonds. The zero-order chi connectivity index (χ0) is 10.3. The zero-order valence-electron chi connectivity index (χ0n) is 6.62. The van der Waals surface area contributed by atoms with E-state index in [0.717, 1.165) is 0 Å². The highest BCUT2D eigenvalue weighted by Crippen LogP contribution is 2.30. The van der Waals surface area contributed by atoms with Gasteiger partial charge in [-0.1, -0.05) is 0 Å². The molecule has 0 radical (unpaired) electrons. The number of fused-ring (bicyclic) bond motifs is 1. The molecule has 1 aromatic heterocycles. The summed E-state index contributed by atoms with van der Waals surface area (Å²) in [6, 6.07) is 0. The van der Waals surface area contributed by atoms with E-state index in [1.807, 2.05) is 0 Å². The number of carbonyl (C=O) groups is 2. The van der Waals surface area contributed by atoms with Crippen molar-refractivity contribution >= 4 is 43.4 Å². The third-order valence-corrected chi connectivity index (χ3v) is 3.81. The molecule has 4 nitrogen and oxygen atoms in total. The number of Topliss-reactive ketones (excluding diaryl/α,β-unsaturated/α-hetero) is 2. The van der Waals surface area contributed by atoms with E-state index in [-0.39, 0.29) is 31.8 Å². The summed E-state index contributed by atoms with van der Waals surface area (Å²) >= 11 is 6.07. The fraction of sp³-hybridized carbons (Fsp3) is 0. The van der Waals surface area contributed by atoms with Gasteiger partial charge in [-0.3, -0.25) is 9.59 Å². The number of allylic oxidation sites excluding steroid dienone is 2. The van der Waals surface area contributed by atoms with E-state index in [2.05, 4.69) is 41.8 Å². The summed E-state index contributed by atoms with van der Waals surface area (Å²) in [4.78, 5) is 30.7. The molecule has 0 bridgehead atoms. The van der Waals surface area contributed by atoms with Crippen molar-refractivity contribution in [2.75, 3.05) is 0 Å². The molecule has 0 unspecified atom stereocenters. The van der Waals surface area contributed by atoms with Crippen molar-refractivity contribution in [3.8, 4) is 0 Å². The highest BCUT2D eigenvalue weighted by molar-refractivity contribution is 9.14. The molecular weight excluding hydrogens is 316 g/mol. The fourth-order valence-electron chi connectivity index (χ4n) is 1.10. The second kappa shape index (κ2) is 3.36. The number of nitrogens with zero attached hydrogens (tertiary/aromatic N) is 2. The average Bonchev–Trinajstić information content (AvgIpc) is 2.23. The minimum atomic E-state index is -0.311. The van der Waals surface area contributed by atoms with Crippen LogP contribution in [0, 0.1) is 0 Å². The first-order valence-corrected chi connectivity index (χ1v) is 5.16. The van der Waals surface area contributed by atoms with E-state index in [9.17, 15) is 9.59 Å². The molecule has 1 aliphatic rings. The highest BCUT2D eigenvalue weighted by Gasteiger charge is 2.30. The van der Waals surface area contributed by atoms with Crippen LogP contribution in [0.5, 0.6) is 0 Å². The Bertz CT molecular complexity index is 439. The monoisotopic (exact) mass is 316 g/mol. The van der Waals surface area contributed by atoms with Crippen LogP contribution in [-0.4, -0.2) is 21.5 Å². The third kappa shape index (κ3) is 1.26. The number of hydrogen-bond acceptors (Lipinski definition) is 4. The second-order valence-corrected chi connectivity index (χ2v) is 4.16. The van der Waals surface area contributed by atoms with Crippen molar-refractivity contribution < 1.29 is 9.59 Å². The van der Waals surface area contributed by atoms with Crippen LogP contribution in [0.2, 0.25) is 0 Å². The van der Waals surface area contributed by atoms with Crippen LogP contribution in [0.3, 0.4) is 0 Å². The standard InChI is InChI=1S/C8H2Br2N2O2/c9-4-5(10)8(14)6-3(7(4)13)1-11-2-12-6/h1-2H.